The molecule has 2 atom stereocenters. The SMILES string of the molecule is Cc1nn(C)c2sc(C(=O)NC(C)C(=O)N3CCNC(C)C3)cc12.Cl. The zero-order chi connectivity index (χ0) is 17.4. The molecule has 2 unspecified atom stereocenters. The van der Waals surface area contributed by atoms with Gasteiger partial charge in [-0.2, -0.15) is 5.10 Å². The summed E-state index contributed by atoms with van der Waals surface area (Å²) < 4.78 is 1.78. The molecule has 25 heavy (non-hydrogen) atoms. The van der Waals surface area contributed by atoms with Gasteiger partial charge in [0.2, 0.25) is 5.91 Å². The summed E-state index contributed by atoms with van der Waals surface area (Å²) in [5.74, 6) is -0.240. The third-order valence-corrected chi connectivity index (χ3v) is 5.52. The monoisotopic (exact) mass is 385 g/mol. The molecule has 1 aliphatic rings. The first-order valence-corrected chi connectivity index (χ1v) is 8.94. The van der Waals surface area contributed by atoms with Gasteiger partial charge in [-0.3, -0.25) is 14.3 Å². The molecule has 7 nitrogen and oxygen atoms in total. The first kappa shape index (κ1) is 19.7. The molecular formula is C16H24ClN5O2S. The smallest absolute Gasteiger partial charge is 0.262 e. The number of hydrogen-bond donors (Lipinski definition) is 2. The first-order valence-electron chi connectivity index (χ1n) is 8.13. The molecule has 2 N–H and O–H groups in total. The van der Waals surface area contributed by atoms with Crippen LogP contribution in [0.4, 0.5) is 0 Å². The van der Waals surface area contributed by atoms with Gasteiger partial charge in [0.1, 0.15) is 10.9 Å². The highest BCUT2D eigenvalue weighted by atomic mass is 35.5. The number of aromatic nitrogens is 2. The predicted molar refractivity (Wildman–Crippen MR) is 102 cm³/mol. The fourth-order valence-electron chi connectivity index (χ4n) is 3.05. The molecule has 1 aliphatic heterocycles. The lowest BCUT2D eigenvalue weighted by atomic mass is 10.2. The molecule has 1 fully saturated rings. The van der Waals surface area contributed by atoms with Crippen LogP contribution in [0.3, 0.4) is 0 Å². The molecule has 2 amide bonds. The lowest BCUT2D eigenvalue weighted by Crippen LogP contribution is -2.55. The molecular weight excluding hydrogens is 362 g/mol. The number of aryl methyl sites for hydroxylation is 2. The molecule has 3 heterocycles. The number of thiophene rings is 1. The van der Waals surface area contributed by atoms with Gasteiger partial charge in [0, 0.05) is 38.1 Å². The van der Waals surface area contributed by atoms with Gasteiger partial charge in [-0.25, -0.2) is 0 Å². The maximum Gasteiger partial charge on any atom is 0.262 e. The Morgan fingerprint density at radius 2 is 2.20 bits per heavy atom. The topological polar surface area (TPSA) is 79.3 Å². The van der Waals surface area contributed by atoms with Crippen LogP contribution >= 0.6 is 23.7 Å². The minimum absolute atomic E-state index is 0. The van der Waals surface area contributed by atoms with E-state index < -0.39 is 6.04 Å². The zero-order valence-corrected chi connectivity index (χ0v) is 16.5. The fourth-order valence-corrected chi connectivity index (χ4v) is 4.08. The summed E-state index contributed by atoms with van der Waals surface area (Å²) >= 11 is 1.40. The Kier molecular flexibility index (Phi) is 6.08. The summed E-state index contributed by atoms with van der Waals surface area (Å²) in [5.41, 5.74) is 0.904. The lowest BCUT2D eigenvalue weighted by molar-refractivity contribution is -0.133. The van der Waals surface area contributed by atoms with E-state index in [1.807, 2.05) is 24.9 Å². The van der Waals surface area contributed by atoms with Crippen molar-refractivity contribution in [1.29, 1.82) is 0 Å². The van der Waals surface area contributed by atoms with Crippen molar-refractivity contribution in [3.8, 4) is 0 Å². The number of piperazine rings is 1. The van der Waals surface area contributed by atoms with E-state index in [1.165, 1.54) is 11.3 Å². The molecule has 0 radical (unpaired) electrons. The first-order chi connectivity index (χ1) is 11.4. The van der Waals surface area contributed by atoms with Crippen LogP contribution in [-0.4, -0.2) is 58.2 Å². The highest BCUT2D eigenvalue weighted by Crippen LogP contribution is 2.27. The van der Waals surface area contributed by atoms with Crippen molar-refractivity contribution < 1.29 is 9.59 Å². The van der Waals surface area contributed by atoms with Crippen LogP contribution in [0.2, 0.25) is 0 Å². The molecule has 0 spiro atoms. The Balaban J connectivity index is 0.00000225. The second kappa shape index (κ2) is 7.72. The number of carbonyl (C=O) groups is 2. The third kappa shape index (κ3) is 3.96. The number of hydrogen-bond acceptors (Lipinski definition) is 5. The molecule has 0 aromatic carbocycles. The average molecular weight is 386 g/mol. The molecule has 9 heteroatoms. The minimum Gasteiger partial charge on any atom is -0.340 e. The van der Waals surface area contributed by atoms with E-state index in [0.717, 1.165) is 22.5 Å². The molecule has 138 valence electrons. The van der Waals surface area contributed by atoms with Crippen LogP contribution in [-0.2, 0) is 11.8 Å². The second-order valence-electron chi connectivity index (χ2n) is 6.37. The zero-order valence-electron chi connectivity index (χ0n) is 14.8. The molecule has 3 rings (SSSR count). The third-order valence-electron chi connectivity index (χ3n) is 4.32. The molecule has 2 aromatic rings. The maximum atomic E-state index is 12.5. The van der Waals surface area contributed by atoms with E-state index in [0.29, 0.717) is 18.0 Å². The number of nitrogens with zero attached hydrogens (tertiary/aromatic N) is 3. The Hall–Kier alpha value is -1.64. The summed E-state index contributed by atoms with van der Waals surface area (Å²) in [6.07, 6.45) is 0. The van der Waals surface area contributed by atoms with Crippen molar-refractivity contribution in [1.82, 2.24) is 25.3 Å². The van der Waals surface area contributed by atoms with Crippen molar-refractivity contribution >= 4 is 45.8 Å². The standard InChI is InChI=1S/C16H23N5O2S.ClH/c1-9-8-21(6-5-17-9)15(23)11(3)18-14(22)13-7-12-10(2)19-20(4)16(12)24-13;/h7,9,11,17H,5-6,8H2,1-4H3,(H,18,22);1H. The van der Waals surface area contributed by atoms with Gasteiger partial charge < -0.3 is 15.5 Å². The summed E-state index contributed by atoms with van der Waals surface area (Å²) in [4.78, 5) is 28.4. The normalized spacial score (nSPS) is 18.7. The molecule has 0 saturated carbocycles. The van der Waals surface area contributed by atoms with Crippen molar-refractivity contribution in [3.63, 3.8) is 0 Å². The van der Waals surface area contributed by atoms with Gasteiger partial charge in [-0.05, 0) is 26.8 Å². The van der Waals surface area contributed by atoms with Gasteiger partial charge in [0.05, 0.1) is 10.6 Å². The highest BCUT2D eigenvalue weighted by Gasteiger charge is 2.26. The number of carbonyl (C=O) groups excluding carboxylic acids is 2. The van der Waals surface area contributed by atoms with Crippen LogP contribution in [0.15, 0.2) is 6.07 Å². The number of halogens is 1. The molecule has 2 aromatic heterocycles. The number of fused-ring (bicyclic) bond motifs is 1. The van der Waals surface area contributed by atoms with Crippen LogP contribution in [0.25, 0.3) is 10.2 Å². The Morgan fingerprint density at radius 1 is 1.48 bits per heavy atom. The summed E-state index contributed by atoms with van der Waals surface area (Å²) in [5, 5.41) is 11.5. The lowest BCUT2D eigenvalue weighted by Gasteiger charge is -2.33. The van der Waals surface area contributed by atoms with E-state index in [1.54, 1.807) is 11.6 Å². The number of amides is 2. The van der Waals surface area contributed by atoms with Crippen molar-refractivity contribution in [2.75, 3.05) is 19.6 Å². The predicted octanol–water partition coefficient (Wildman–Crippen LogP) is 1.30. The van der Waals surface area contributed by atoms with Gasteiger partial charge in [-0.1, -0.05) is 0 Å². The molecule has 0 aliphatic carbocycles. The number of nitrogens with one attached hydrogen (secondary N) is 2. The van der Waals surface area contributed by atoms with E-state index in [4.69, 9.17) is 0 Å². The van der Waals surface area contributed by atoms with E-state index in [-0.39, 0.29) is 30.3 Å². The Morgan fingerprint density at radius 3 is 2.84 bits per heavy atom. The quantitative estimate of drug-likeness (QED) is 0.834. The van der Waals surface area contributed by atoms with Gasteiger partial charge in [-0.15, -0.1) is 23.7 Å². The van der Waals surface area contributed by atoms with E-state index >= 15 is 0 Å². The van der Waals surface area contributed by atoms with Crippen LogP contribution in [0, 0.1) is 6.92 Å². The summed E-state index contributed by atoms with van der Waals surface area (Å²) in [6, 6.07) is 1.60. The number of rotatable bonds is 3. The Labute approximate surface area is 157 Å². The van der Waals surface area contributed by atoms with Gasteiger partial charge in [0.15, 0.2) is 0 Å². The second-order valence-corrected chi connectivity index (χ2v) is 7.40. The molecule has 0 bridgehead atoms. The average Bonchev–Trinajstić information content (AvgIpc) is 3.09. The summed E-state index contributed by atoms with van der Waals surface area (Å²) in [7, 11) is 1.87. The van der Waals surface area contributed by atoms with Crippen molar-refractivity contribution in [2.45, 2.75) is 32.9 Å². The largest absolute Gasteiger partial charge is 0.340 e. The van der Waals surface area contributed by atoms with Crippen LogP contribution < -0.4 is 10.6 Å². The summed E-state index contributed by atoms with van der Waals surface area (Å²) in [6.45, 7) is 7.86. The van der Waals surface area contributed by atoms with E-state index in [9.17, 15) is 9.59 Å². The van der Waals surface area contributed by atoms with Crippen LogP contribution in [0.1, 0.15) is 29.2 Å². The van der Waals surface area contributed by atoms with E-state index in [2.05, 4.69) is 22.7 Å². The minimum atomic E-state index is -0.535. The maximum absolute atomic E-state index is 12.5. The van der Waals surface area contributed by atoms with Crippen molar-refractivity contribution in [2.24, 2.45) is 7.05 Å². The fraction of sp³-hybridized carbons (Fsp3) is 0.562. The molecule has 1 saturated heterocycles. The van der Waals surface area contributed by atoms with Gasteiger partial charge >= 0.3 is 0 Å². The highest BCUT2D eigenvalue weighted by molar-refractivity contribution is 7.20. The van der Waals surface area contributed by atoms with Crippen LogP contribution in [0.5, 0.6) is 0 Å². The van der Waals surface area contributed by atoms with Crippen molar-refractivity contribution in [3.05, 3.63) is 16.6 Å². The Bertz CT molecular complexity index is 752. The van der Waals surface area contributed by atoms with Gasteiger partial charge in [0.25, 0.3) is 5.91 Å².